The first-order chi connectivity index (χ1) is 43.0. The molecule has 0 saturated heterocycles. The van der Waals surface area contributed by atoms with Gasteiger partial charge in [-0.05, 0) is 253 Å². The summed E-state index contributed by atoms with van der Waals surface area (Å²) in [5.41, 5.74) is 35.3. The highest BCUT2D eigenvalue weighted by Gasteiger charge is 2.41. The lowest BCUT2D eigenvalue weighted by molar-refractivity contribution is 1.25. The molecule has 0 saturated carbocycles. The summed E-state index contributed by atoms with van der Waals surface area (Å²) in [6.45, 7) is 18.4. The molecule has 2 heterocycles. The fraction of sp³-hybridized carbons (Fsp3) is 0.0952. The number of rotatable bonds is 8. The molecule has 14 aromatic carbocycles. The summed E-state index contributed by atoms with van der Waals surface area (Å²) < 4.78 is 0. The maximum Gasteiger partial charge on any atom is 0.246 e. The van der Waals surface area contributed by atoms with Crippen LogP contribution in [0.25, 0.3) is 76.8 Å². The van der Waals surface area contributed by atoms with Crippen molar-refractivity contribution in [2.45, 2.75) is 55.4 Å². The first kappa shape index (κ1) is 53.3. The molecule has 88 heavy (non-hydrogen) atoms. The van der Waals surface area contributed by atoms with Gasteiger partial charge < -0.3 is 9.80 Å². The van der Waals surface area contributed by atoms with Crippen LogP contribution in [0.2, 0.25) is 0 Å². The maximum atomic E-state index is 2.59. The largest absolute Gasteiger partial charge is 0.311 e. The van der Waals surface area contributed by atoms with Crippen LogP contribution in [-0.2, 0) is 0 Å². The van der Waals surface area contributed by atoms with E-state index in [1.165, 1.54) is 177 Å². The lowest BCUT2D eigenvalue weighted by Gasteiger charge is -2.42. The van der Waals surface area contributed by atoms with Gasteiger partial charge in [0, 0.05) is 34.1 Å². The molecule has 2 aliphatic heterocycles. The van der Waals surface area contributed by atoms with Crippen molar-refractivity contribution in [1.29, 1.82) is 0 Å². The van der Waals surface area contributed by atoms with Gasteiger partial charge in [-0.3, -0.25) is 0 Å². The van der Waals surface area contributed by atoms with Gasteiger partial charge >= 0.3 is 0 Å². The summed E-state index contributed by atoms with van der Waals surface area (Å²) in [5.74, 6) is 0. The van der Waals surface area contributed by atoms with E-state index in [-0.39, 0.29) is 13.4 Å². The Hall–Kier alpha value is -10.2. The fourth-order valence-electron chi connectivity index (χ4n) is 16.1. The van der Waals surface area contributed by atoms with Crippen LogP contribution in [0.4, 0.5) is 34.1 Å². The Balaban J connectivity index is 0.972. The Morgan fingerprint density at radius 3 is 0.920 bits per heavy atom. The zero-order valence-corrected chi connectivity index (χ0v) is 51.3. The van der Waals surface area contributed by atoms with Gasteiger partial charge in [-0.1, -0.05) is 211 Å². The molecule has 2 aliphatic rings. The van der Waals surface area contributed by atoms with Gasteiger partial charge in [0.15, 0.2) is 0 Å². The van der Waals surface area contributed by atoms with Gasteiger partial charge in [0.1, 0.15) is 0 Å². The summed E-state index contributed by atoms with van der Waals surface area (Å²) in [4.78, 5) is 5.10. The van der Waals surface area contributed by atoms with Crippen molar-refractivity contribution >= 4 is 113 Å². The van der Waals surface area contributed by atoms with E-state index in [4.69, 9.17) is 0 Å². The van der Waals surface area contributed by atoms with Gasteiger partial charge in [0.05, 0.1) is 0 Å². The van der Waals surface area contributed by atoms with Crippen LogP contribution >= 0.6 is 0 Å². The van der Waals surface area contributed by atoms with Crippen molar-refractivity contribution in [3.8, 4) is 44.5 Å². The highest BCUT2D eigenvalue weighted by atomic mass is 15.2. The van der Waals surface area contributed by atoms with E-state index in [0.29, 0.717) is 0 Å². The lowest BCUT2D eigenvalue weighted by atomic mass is 9.31. The molecule has 2 nitrogen and oxygen atoms in total. The second-order valence-corrected chi connectivity index (χ2v) is 25.1. The maximum absolute atomic E-state index is 2.59. The molecule has 0 aliphatic carbocycles. The minimum Gasteiger partial charge on any atom is -0.311 e. The zero-order chi connectivity index (χ0) is 59.6. The number of hydrogen-bond acceptors (Lipinski definition) is 2. The highest BCUT2D eigenvalue weighted by Crippen LogP contribution is 2.52. The van der Waals surface area contributed by atoms with Crippen LogP contribution < -0.4 is 42.6 Å². The summed E-state index contributed by atoms with van der Waals surface area (Å²) in [6.07, 6.45) is 0. The normalized spacial score (nSPS) is 12.7. The van der Waals surface area contributed by atoms with Crippen molar-refractivity contribution in [3.05, 3.63) is 299 Å². The molecule has 0 radical (unpaired) electrons. The molecule has 0 fully saturated rings. The Morgan fingerprint density at radius 1 is 0.227 bits per heavy atom. The molecule has 0 bridgehead atoms. The lowest BCUT2D eigenvalue weighted by Crippen LogP contribution is -2.62. The zero-order valence-electron chi connectivity index (χ0n) is 51.3. The molecule has 0 amide bonds. The predicted molar refractivity (Wildman–Crippen MR) is 381 cm³/mol. The third-order valence-electron chi connectivity index (χ3n) is 19.7. The van der Waals surface area contributed by atoms with Crippen LogP contribution in [0.5, 0.6) is 0 Å². The summed E-state index contributed by atoms with van der Waals surface area (Å²) in [5, 5.41) is 7.78. The Kier molecular flexibility index (Phi) is 12.6. The molecule has 0 spiro atoms. The average molecular weight is 1130 g/mol. The molecular weight excluding hydrogens is 1060 g/mol. The van der Waals surface area contributed by atoms with E-state index in [9.17, 15) is 0 Å². The minimum atomic E-state index is -0.0137. The quantitative estimate of drug-likeness (QED) is 0.111. The van der Waals surface area contributed by atoms with Gasteiger partial charge in [-0.15, -0.1) is 0 Å². The second-order valence-electron chi connectivity index (χ2n) is 25.1. The summed E-state index contributed by atoms with van der Waals surface area (Å²) >= 11 is 0. The number of nitrogens with zero attached hydrogens (tertiary/aromatic N) is 2. The number of para-hydroxylation sites is 3. The first-order valence-electron chi connectivity index (χ1n) is 31.2. The van der Waals surface area contributed by atoms with Crippen molar-refractivity contribution in [3.63, 3.8) is 0 Å². The Morgan fingerprint density at radius 2 is 0.545 bits per heavy atom. The second kappa shape index (κ2) is 20.8. The molecule has 14 aromatic rings. The van der Waals surface area contributed by atoms with Gasteiger partial charge in [-0.25, -0.2) is 0 Å². The molecule has 4 heteroatoms. The molecule has 0 N–H and O–H groups in total. The standard InChI is InChI=1S/C84H66B2N2/c1-51-25-22-26-52(2)79(51)67-47-68(80-53(3)27-23-28-54(80)4)64-43-44-66-70(48-69(81-55(5)29-24-30-56(81)6)65-42-41-63(67)83(64)84(65)66)82-57(7)45-62(46-58(82)8)88-76-40-21-19-38-72(76)86(60-33-14-10-15-34-60)74-49-73-77(50-78(74)88)87(61-35-16-11-17-36-61)75-39-20-18-37-71(75)85(73)59-31-12-9-13-32-59/h9-50H,1-8H3. The highest BCUT2D eigenvalue weighted by molar-refractivity contribution is 7.00. The van der Waals surface area contributed by atoms with E-state index in [0.717, 1.165) is 11.4 Å². The summed E-state index contributed by atoms with van der Waals surface area (Å²) in [6, 6.07) is 96.8. The Labute approximate surface area is 518 Å². The number of hydrogen-bond donors (Lipinski definition) is 0. The predicted octanol–water partition coefficient (Wildman–Crippen LogP) is 18.3. The van der Waals surface area contributed by atoms with Gasteiger partial charge in [0.2, 0.25) is 13.4 Å². The van der Waals surface area contributed by atoms with E-state index in [2.05, 4.69) is 320 Å². The fourth-order valence-corrected chi connectivity index (χ4v) is 16.1. The summed E-state index contributed by atoms with van der Waals surface area (Å²) in [7, 11) is 0. The number of anilines is 6. The molecule has 0 aromatic heterocycles. The molecule has 0 atom stereocenters. The van der Waals surface area contributed by atoms with Crippen LogP contribution in [0.1, 0.15) is 44.5 Å². The molecule has 418 valence electrons. The van der Waals surface area contributed by atoms with Gasteiger partial charge in [0.25, 0.3) is 0 Å². The first-order valence-corrected chi connectivity index (χ1v) is 31.2. The number of benzene rings is 14. The van der Waals surface area contributed by atoms with Crippen LogP contribution in [0, 0.1) is 55.4 Å². The topological polar surface area (TPSA) is 6.48 Å². The van der Waals surface area contributed by atoms with E-state index in [1.807, 2.05) is 0 Å². The van der Waals surface area contributed by atoms with Crippen molar-refractivity contribution < 1.29 is 0 Å². The van der Waals surface area contributed by atoms with Crippen LogP contribution in [0.3, 0.4) is 0 Å². The van der Waals surface area contributed by atoms with E-state index < -0.39 is 0 Å². The molecular formula is C84H66B2N2. The molecule has 16 rings (SSSR count). The van der Waals surface area contributed by atoms with Crippen LogP contribution in [-0.4, -0.2) is 13.4 Å². The van der Waals surface area contributed by atoms with Gasteiger partial charge in [-0.2, -0.15) is 0 Å². The number of fused-ring (bicyclic) bond motifs is 4. The van der Waals surface area contributed by atoms with E-state index in [1.54, 1.807) is 0 Å². The smallest absolute Gasteiger partial charge is 0.246 e. The van der Waals surface area contributed by atoms with Crippen molar-refractivity contribution in [2.24, 2.45) is 0 Å². The molecule has 0 unspecified atom stereocenters. The minimum absolute atomic E-state index is 0.0124. The number of aryl methyl sites for hydroxylation is 8. The SMILES string of the molecule is Cc1cccc(C)c1-c1cc(-c2c(C)cccc2C)c2ccc3c(-c4c(C)cc(N5c6ccccc6B(c6ccccc6)c6cc7c(cc65)N(c5ccccc5)c5ccccc5B7c5ccccc5)cc4C)cc(-c4c(C)cccc4C)c4ccc1c2c43. The van der Waals surface area contributed by atoms with Crippen molar-refractivity contribution in [1.82, 2.24) is 0 Å². The Bertz CT molecular complexity index is 4990. The average Bonchev–Trinajstić information content (AvgIpc) is 0.740. The monoisotopic (exact) mass is 1120 g/mol. The van der Waals surface area contributed by atoms with E-state index >= 15 is 0 Å². The van der Waals surface area contributed by atoms with Crippen LogP contribution in [0.15, 0.2) is 255 Å². The third-order valence-corrected chi connectivity index (χ3v) is 19.7. The van der Waals surface area contributed by atoms with Crippen molar-refractivity contribution in [2.75, 3.05) is 9.80 Å². The third kappa shape index (κ3) is 8.19.